The monoisotopic (exact) mass is 175 g/mol. The number of hydrogen-bond acceptors (Lipinski definition) is 4. The Labute approximate surface area is 71.0 Å². The molecule has 0 fully saturated rings. The molecule has 0 rings (SSSR count). The Bertz CT molecular complexity index is 169. The Morgan fingerprint density at radius 2 is 2.08 bits per heavy atom. The van der Waals surface area contributed by atoms with Gasteiger partial charge in [0.25, 0.3) is 5.91 Å². The first-order chi connectivity index (χ1) is 5.61. The van der Waals surface area contributed by atoms with Gasteiger partial charge in [0.2, 0.25) is 0 Å². The van der Waals surface area contributed by atoms with Crippen LogP contribution >= 0.6 is 0 Å². The maximum Gasteiger partial charge on any atom is 0.303 e. The molecule has 0 aromatic heterocycles. The highest BCUT2D eigenvalue weighted by molar-refractivity contribution is 5.82. The summed E-state index contributed by atoms with van der Waals surface area (Å²) in [5, 5.41) is 0. The number of carbonyl (C=O) groups excluding carboxylic acids is 2. The van der Waals surface area contributed by atoms with Crippen molar-refractivity contribution in [3.63, 3.8) is 0 Å². The summed E-state index contributed by atoms with van der Waals surface area (Å²) in [6, 6.07) is 0. The lowest BCUT2D eigenvalue weighted by Crippen LogP contribution is -2.36. The third kappa shape index (κ3) is 3.92. The topological polar surface area (TPSA) is 64.6 Å². The molecule has 1 N–H and O–H groups in total. The fraction of sp³-hybridized carbons (Fsp3) is 0.714. The number of hydrogen-bond donors (Lipinski definition) is 1. The molecule has 12 heavy (non-hydrogen) atoms. The van der Waals surface area contributed by atoms with Gasteiger partial charge in [-0.25, -0.2) is 5.48 Å². The third-order valence-electron chi connectivity index (χ3n) is 1.17. The molecule has 0 bridgehead atoms. The van der Waals surface area contributed by atoms with E-state index >= 15 is 0 Å². The normalized spacial score (nSPS) is 11.9. The van der Waals surface area contributed by atoms with E-state index in [-0.39, 0.29) is 0 Å². The molecule has 0 spiro atoms. The summed E-state index contributed by atoms with van der Waals surface area (Å²) in [7, 11) is 1.32. The minimum atomic E-state index is -0.762. The lowest BCUT2D eigenvalue weighted by atomic mass is 10.3. The van der Waals surface area contributed by atoms with Gasteiger partial charge >= 0.3 is 5.97 Å². The van der Waals surface area contributed by atoms with Crippen LogP contribution in [0.25, 0.3) is 0 Å². The molecular weight excluding hydrogens is 162 g/mol. The maximum absolute atomic E-state index is 11.0. The van der Waals surface area contributed by atoms with Gasteiger partial charge in [-0.2, -0.15) is 0 Å². The smallest absolute Gasteiger partial charge is 0.303 e. The standard InChI is InChI=1S/C7H13NO4/c1-4-6(12-5(2)9)7(10)8-11-3/h6H,4H2,1-3H3,(H,8,10). The number of rotatable bonds is 4. The van der Waals surface area contributed by atoms with Gasteiger partial charge < -0.3 is 4.74 Å². The van der Waals surface area contributed by atoms with Gasteiger partial charge in [-0.3, -0.25) is 14.4 Å². The second-order valence-electron chi connectivity index (χ2n) is 2.18. The van der Waals surface area contributed by atoms with E-state index in [1.165, 1.54) is 14.0 Å². The second-order valence-corrected chi connectivity index (χ2v) is 2.18. The van der Waals surface area contributed by atoms with Crippen molar-refractivity contribution in [2.24, 2.45) is 0 Å². The quantitative estimate of drug-likeness (QED) is 0.482. The van der Waals surface area contributed by atoms with Gasteiger partial charge in [-0.05, 0) is 6.42 Å². The number of hydroxylamine groups is 1. The number of amides is 1. The van der Waals surface area contributed by atoms with Gasteiger partial charge in [0.1, 0.15) is 0 Å². The molecule has 1 amide bonds. The van der Waals surface area contributed by atoms with Gasteiger partial charge in [0.05, 0.1) is 7.11 Å². The molecule has 1 unspecified atom stereocenters. The first-order valence-corrected chi connectivity index (χ1v) is 3.61. The third-order valence-corrected chi connectivity index (χ3v) is 1.17. The summed E-state index contributed by atoms with van der Waals surface area (Å²) < 4.78 is 4.68. The maximum atomic E-state index is 11.0. The van der Waals surface area contributed by atoms with Crippen molar-refractivity contribution < 1.29 is 19.2 Å². The number of esters is 1. The van der Waals surface area contributed by atoms with Gasteiger partial charge in [0, 0.05) is 6.92 Å². The first-order valence-electron chi connectivity index (χ1n) is 3.61. The molecule has 70 valence electrons. The molecular formula is C7H13NO4. The van der Waals surface area contributed by atoms with Crippen molar-refractivity contribution in [2.75, 3.05) is 7.11 Å². The van der Waals surface area contributed by atoms with Crippen molar-refractivity contribution in [1.29, 1.82) is 0 Å². The van der Waals surface area contributed by atoms with Gasteiger partial charge in [-0.1, -0.05) is 6.92 Å². The number of ether oxygens (including phenoxy) is 1. The Hall–Kier alpha value is -1.10. The predicted octanol–water partition coefficient (Wildman–Crippen LogP) is 0.00570. The molecule has 0 saturated heterocycles. The molecule has 5 heteroatoms. The van der Waals surface area contributed by atoms with E-state index in [1.807, 2.05) is 0 Å². The second kappa shape index (κ2) is 5.54. The van der Waals surface area contributed by atoms with E-state index in [2.05, 4.69) is 15.1 Å². The van der Waals surface area contributed by atoms with E-state index < -0.39 is 18.0 Å². The Kier molecular flexibility index (Phi) is 5.03. The molecule has 0 aromatic rings. The summed E-state index contributed by atoms with van der Waals surface area (Å²) in [4.78, 5) is 25.9. The van der Waals surface area contributed by atoms with Gasteiger partial charge in [0.15, 0.2) is 6.10 Å². The summed E-state index contributed by atoms with van der Waals surface area (Å²) in [6.07, 6.45) is -0.336. The largest absolute Gasteiger partial charge is 0.452 e. The summed E-state index contributed by atoms with van der Waals surface area (Å²) in [5.41, 5.74) is 2.09. The van der Waals surface area contributed by atoms with Crippen LogP contribution in [-0.2, 0) is 19.2 Å². The van der Waals surface area contributed by atoms with Crippen LogP contribution < -0.4 is 5.48 Å². The van der Waals surface area contributed by atoms with E-state index in [1.54, 1.807) is 6.92 Å². The fourth-order valence-electron chi connectivity index (χ4n) is 0.689. The molecule has 5 nitrogen and oxygen atoms in total. The van der Waals surface area contributed by atoms with E-state index in [0.29, 0.717) is 6.42 Å². The lowest BCUT2D eigenvalue weighted by molar-refractivity contribution is -0.158. The number of carbonyl (C=O) groups is 2. The van der Waals surface area contributed by atoms with Crippen LogP contribution in [-0.4, -0.2) is 25.1 Å². The van der Waals surface area contributed by atoms with Gasteiger partial charge in [-0.15, -0.1) is 0 Å². The average Bonchev–Trinajstić information content (AvgIpc) is 2.00. The zero-order chi connectivity index (χ0) is 9.56. The molecule has 0 aliphatic heterocycles. The lowest BCUT2D eigenvalue weighted by Gasteiger charge is -2.13. The van der Waals surface area contributed by atoms with Crippen molar-refractivity contribution in [3.05, 3.63) is 0 Å². The summed E-state index contributed by atoms with van der Waals surface area (Å²) in [6.45, 7) is 2.99. The highest BCUT2D eigenvalue weighted by Crippen LogP contribution is 1.98. The first kappa shape index (κ1) is 10.9. The van der Waals surface area contributed by atoms with Crippen molar-refractivity contribution in [1.82, 2.24) is 5.48 Å². The zero-order valence-electron chi connectivity index (χ0n) is 7.42. The Balaban J connectivity index is 3.96. The zero-order valence-corrected chi connectivity index (χ0v) is 7.42. The number of nitrogens with one attached hydrogen (secondary N) is 1. The Morgan fingerprint density at radius 1 is 1.50 bits per heavy atom. The molecule has 0 aliphatic carbocycles. The molecule has 0 aromatic carbocycles. The van der Waals surface area contributed by atoms with Crippen LogP contribution in [0.3, 0.4) is 0 Å². The van der Waals surface area contributed by atoms with Crippen LogP contribution in [0.2, 0.25) is 0 Å². The molecule has 0 aliphatic rings. The van der Waals surface area contributed by atoms with Crippen LogP contribution in [0.1, 0.15) is 20.3 Å². The van der Waals surface area contributed by atoms with Crippen molar-refractivity contribution in [3.8, 4) is 0 Å². The highest BCUT2D eigenvalue weighted by atomic mass is 16.6. The minimum Gasteiger partial charge on any atom is -0.452 e. The van der Waals surface area contributed by atoms with Crippen molar-refractivity contribution >= 4 is 11.9 Å². The fourth-order valence-corrected chi connectivity index (χ4v) is 0.689. The van der Waals surface area contributed by atoms with E-state index in [4.69, 9.17) is 0 Å². The van der Waals surface area contributed by atoms with E-state index in [0.717, 1.165) is 0 Å². The average molecular weight is 175 g/mol. The Morgan fingerprint density at radius 3 is 2.42 bits per heavy atom. The van der Waals surface area contributed by atoms with E-state index in [9.17, 15) is 9.59 Å². The summed E-state index contributed by atoms with van der Waals surface area (Å²) in [5.74, 6) is -0.927. The molecule has 1 atom stereocenters. The van der Waals surface area contributed by atoms with Crippen LogP contribution in [0.4, 0.5) is 0 Å². The molecule has 0 saturated carbocycles. The molecule has 0 heterocycles. The minimum absolute atomic E-state index is 0.425. The van der Waals surface area contributed by atoms with Crippen LogP contribution in [0, 0.1) is 0 Å². The van der Waals surface area contributed by atoms with Crippen LogP contribution in [0.15, 0.2) is 0 Å². The summed E-state index contributed by atoms with van der Waals surface area (Å²) >= 11 is 0. The van der Waals surface area contributed by atoms with Crippen LogP contribution in [0.5, 0.6) is 0 Å². The molecule has 0 radical (unpaired) electrons. The highest BCUT2D eigenvalue weighted by Gasteiger charge is 2.18. The predicted molar refractivity (Wildman–Crippen MR) is 41.0 cm³/mol. The van der Waals surface area contributed by atoms with Crippen molar-refractivity contribution in [2.45, 2.75) is 26.4 Å². The SMILES string of the molecule is CCC(OC(C)=O)C(=O)NOC.